The van der Waals surface area contributed by atoms with E-state index < -0.39 is 46.2 Å². The Hall–Kier alpha value is -2.64. The van der Waals surface area contributed by atoms with E-state index in [1.165, 1.54) is 24.3 Å². The maximum atomic E-state index is 13.6. The molecule has 0 N–H and O–H groups in total. The first-order valence-electron chi connectivity index (χ1n) is 7.04. The smallest absolute Gasteiger partial charge is 0.349 e. The lowest BCUT2D eigenvalue weighted by atomic mass is 10.1. The van der Waals surface area contributed by atoms with Crippen LogP contribution in [-0.2, 0) is 0 Å². The standard InChI is InChI=1S/C17H13F5O3/c1-17(2,3)25-9-6-4-8(5-7-9)24-16(23)10-11(18)13(20)15(22)14(21)12(10)19/h4-7H,1-3H3. The van der Waals surface area contributed by atoms with E-state index in [2.05, 4.69) is 4.74 Å². The molecule has 0 aromatic heterocycles. The fourth-order valence-electron chi connectivity index (χ4n) is 1.87. The number of halogens is 5. The van der Waals surface area contributed by atoms with Crippen molar-refractivity contribution in [2.75, 3.05) is 0 Å². The molecule has 8 heteroatoms. The molecule has 0 amide bonds. The Morgan fingerprint density at radius 3 is 1.60 bits per heavy atom. The van der Waals surface area contributed by atoms with Crippen LogP contribution in [0.25, 0.3) is 0 Å². The molecule has 2 aromatic carbocycles. The lowest BCUT2D eigenvalue weighted by molar-refractivity contribution is 0.0720. The lowest BCUT2D eigenvalue weighted by Gasteiger charge is -2.21. The van der Waals surface area contributed by atoms with E-state index in [0.717, 1.165) is 0 Å². The van der Waals surface area contributed by atoms with Crippen LogP contribution >= 0.6 is 0 Å². The van der Waals surface area contributed by atoms with Crippen molar-refractivity contribution in [1.82, 2.24) is 0 Å². The monoisotopic (exact) mass is 360 g/mol. The molecule has 0 radical (unpaired) electrons. The Kier molecular flexibility index (Phi) is 5.01. The molecule has 2 rings (SSSR count). The van der Waals surface area contributed by atoms with E-state index >= 15 is 0 Å². The van der Waals surface area contributed by atoms with Gasteiger partial charge in [-0.25, -0.2) is 26.7 Å². The number of hydrogen-bond acceptors (Lipinski definition) is 3. The van der Waals surface area contributed by atoms with Crippen molar-refractivity contribution in [3.8, 4) is 11.5 Å². The summed E-state index contributed by atoms with van der Waals surface area (Å²) in [4.78, 5) is 11.8. The average molecular weight is 360 g/mol. The topological polar surface area (TPSA) is 35.5 Å². The molecule has 2 aromatic rings. The Morgan fingerprint density at radius 1 is 0.760 bits per heavy atom. The summed E-state index contributed by atoms with van der Waals surface area (Å²) in [6.07, 6.45) is 0. The van der Waals surface area contributed by atoms with Crippen LogP contribution in [0.15, 0.2) is 24.3 Å². The van der Waals surface area contributed by atoms with Gasteiger partial charge in [-0.15, -0.1) is 0 Å². The van der Waals surface area contributed by atoms with Crippen molar-refractivity contribution in [3.05, 3.63) is 58.9 Å². The molecule has 0 atom stereocenters. The molecule has 0 bridgehead atoms. The van der Waals surface area contributed by atoms with Gasteiger partial charge >= 0.3 is 5.97 Å². The van der Waals surface area contributed by atoms with Crippen LogP contribution in [0.5, 0.6) is 11.5 Å². The van der Waals surface area contributed by atoms with Gasteiger partial charge in [0.1, 0.15) is 22.7 Å². The van der Waals surface area contributed by atoms with Crippen LogP contribution in [-0.4, -0.2) is 11.6 Å². The lowest BCUT2D eigenvalue weighted by Crippen LogP contribution is -2.22. The van der Waals surface area contributed by atoms with Gasteiger partial charge in [0.15, 0.2) is 23.3 Å². The summed E-state index contributed by atoms with van der Waals surface area (Å²) in [5, 5.41) is 0. The highest BCUT2D eigenvalue weighted by Gasteiger charge is 2.31. The molecule has 25 heavy (non-hydrogen) atoms. The quantitative estimate of drug-likeness (QED) is 0.260. The van der Waals surface area contributed by atoms with Gasteiger partial charge < -0.3 is 9.47 Å². The van der Waals surface area contributed by atoms with Crippen LogP contribution in [0.4, 0.5) is 22.0 Å². The molecular weight excluding hydrogens is 347 g/mol. The van der Waals surface area contributed by atoms with E-state index in [1.54, 1.807) is 0 Å². The molecule has 0 heterocycles. The SMILES string of the molecule is CC(C)(C)Oc1ccc(OC(=O)c2c(F)c(F)c(F)c(F)c2F)cc1. The fourth-order valence-corrected chi connectivity index (χ4v) is 1.87. The first-order valence-corrected chi connectivity index (χ1v) is 7.04. The number of rotatable bonds is 3. The summed E-state index contributed by atoms with van der Waals surface area (Å²) in [7, 11) is 0. The highest BCUT2D eigenvalue weighted by molar-refractivity contribution is 5.91. The Morgan fingerprint density at radius 2 is 1.16 bits per heavy atom. The molecule has 0 aliphatic carbocycles. The molecular formula is C17H13F5O3. The molecule has 0 fully saturated rings. The van der Waals surface area contributed by atoms with Crippen molar-refractivity contribution in [2.45, 2.75) is 26.4 Å². The molecule has 0 saturated heterocycles. The maximum absolute atomic E-state index is 13.6. The summed E-state index contributed by atoms with van der Waals surface area (Å²) in [5.74, 6) is -12.7. The zero-order chi connectivity index (χ0) is 18.9. The van der Waals surface area contributed by atoms with Crippen molar-refractivity contribution in [1.29, 1.82) is 0 Å². The van der Waals surface area contributed by atoms with Gasteiger partial charge in [0.25, 0.3) is 0 Å². The normalized spacial score (nSPS) is 11.4. The second-order valence-corrected chi connectivity index (χ2v) is 6.02. The van der Waals surface area contributed by atoms with E-state index in [-0.39, 0.29) is 5.75 Å². The number of carbonyl (C=O) groups is 1. The third-order valence-corrected chi connectivity index (χ3v) is 2.87. The third-order valence-electron chi connectivity index (χ3n) is 2.87. The molecule has 0 spiro atoms. The first kappa shape index (κ1) is 18.7. The summed E-state index contributed by atoms with van der Waals surface area (Å²) in [6.45, 7) is 5.43. The molecule has 134 valence electrons. The van der Waals surface area contributed by atoms with Gasteiger partial charge in [0.05, 0.1) is 0 Å². The second-order valence-electron chi connectivity index (χ2n) is 6.02. The van der Waals surface area contributed by atoms with Crippen LogP contribution in [0.2, 0.25) is 0 Å². The number of hydrogen-bond donors (Lipinski definition) is 0. The van der Waals surface area contributed by atoms with Gasteiger partial charge in [-0.3, -0.25) is 0 Å². The molecule has 0 aliphatic rings. The van der Waals surface area contributed by atoms with Crippen LogP contribution < -0.4 is 9.47 Å². The summed E-state index contributed by atoms with van der Waals surface area (Å²) in [5.41, 5.74) is -2.14. The van der Waals surface area contributed by atoms with Crippen molar-refractivity contribution < 1.29 is 36.2 Å². The average Bonchev–Trinajstić information content (AvgIpc) is 2.52. The molecule has 3 nitrogen and oxygen atoms in total. The largest absolute Gasteiger partial charge is 0.488 e. The van der Waals surface area contributed by atoms with E-state index in [4.69, 9.17) is 4.74 Å². The predicted octanol–water partition coefficient (Wildman–Crippen LogP) is 4.78. The molecule has 0 saturated carbocycles. The number of carbonyl (C=O) groups excluding carboxylic acids is 1. The predicted molar refractivity (Wildman–Crippen MR) is 78.0 cm³/mol. The molecule has 0 aliphatic heterocycles. The second kappa shape index (κ2) is 6.70. The summed E-state index contributed by atoms with van der Waals surface area (Å²) >= 11 is 0. The summed E-state index contributed by atoms with van der Waals surface area (Å²) in [6, 6.07) is 5.36. The van der Waals surface area contributed by atoms with Crippen LogP contribution in [0, 0.1) is 29.1 Å². The maximum Gasteiger partial charge on any atom is 0.349 e. The van der Waals surface area contributed by atoms with Crippen molar-refractivity contribution in [2.24, 2.45) is 0 Å². The van der Waals surface area contributed by atoms with Crippen LogP contribution in [0.1, 0.15) is 31.1 Å². The van der Waals surface area contributed by atoms with Gasteiger partial charge in [-0.2, -0.15) is 0 Å². The Bertz CT molecular complexity index is 782. The Labute approximate surface area is 140 Å². The highest BCUT2D eigenvalue weighted by Crippen LogP contribution is 2.26. The fraction of sp³-hybridized carbons (Fsp3) is 0.235. The summed E-state index contributed by atoms with van der Waals surface area (Å²) < 4.78 is 76.6. The van der Waals surface area contributed by atoms with Gasteiger partial charge in [0.2, 0.25) is 5.82 Å². The Balaban J connectivity index is 2.26. The third kappa shape index (κ3) is 4.07. The van der Waals surface area contributed by atoms with E-state index in [9.17, 15) is 26.7 Å². The number of benzene rings is 2. The van der Waals surface area contributed by atoms with Crippen molar-refractivity contribution in [3.63, 3.8) is 0 Å². The first-order chi connectivity index (χ1) is 11.5. The minimum Gasteiger partial charge on any atom is -0.488 e. The minimum atomic E-state index is -2.35. The van der Waals surface area contributed by atoms with E-state index in [1.807, 2.05) is 20.8 Å². The van der Waals surface area contributed by atoms with E-state index in [0.29, 0.717) is 5.75 Å². The highest BCUT2D eigenvalue weighted by atomic mass is 19.2. The number of esters is 1. The molecule has 0 unspecified atom stereocenters. The zero-order valence-corrected chi connectivity index (χ0v) is 13.4. The minimum absolute atomic E-state index is 0.157. The number of ether oxygens (including phenoxy) is 2. The van der Waals surface area contributed by atoms with Crippen LogP contribution in [0.3, 0.4) is 0 Å². The van der Waals surface area contributed by atoms with Gasteiger partial charge in [-0.1, -0.05) is 0 Å². The van der Waals surface area contributed by atoms with Gasteiger partial charge in [-0.05, 0) is 45.0 Å². The van der Waals surface area contributed by atoms with Gasteiger partial charge in [0, 0.05) is 0 Å². The van der Waals surface area contributed by atoms with Crippen molar-refractivity contribution >= 4 is 5.97 Å². The zero-order valence-electron chi connectivity index (χ0n) is 13.4.